The van der Waals surface area contributed by atoms with Crippen molar-refractivity contribution in [3.63, 3.8) is 0 Å². The third-order valence-corrected chi connectivity index (χ3v) is 5.44. The van der Waals surface area contributed by atoms with E-state index in [2.05, 4.69) is 15.3 Å². The lowest BCUT2D eigenvalue weighted by Crippen LogP contribution is -2.39. The Morgan fingerprint density at radius 1 is 1.32 bits per heavy atom. The molecule has 0 N–H and O–H groups in total. The molecular weight excluding hydrogens is 308 g/mol. The SMILES string of the molecule is Cc1cc(CS(=O)(=O)N2CCCC(c3nc(C)no3)C2)on1. The van der Waals surface area contributed by atoms with Crippen molar-refractivity contribution in [2.75, 3.05) is 13.1 Å². The van der Waals surface area contributed by atoms with Gasteiger partial charge in [-0.05, 0) is 26.7 Å². The number of piperidine rings is 1. The van der Waals surface area contributed by atoms with E-state index in [1.54, 1.807) is 19.9 Å². The molecule has 8 nitrogen and oxygen atoms in total. The summed E-state index contributed by atoms with van der Waals surface area (Å²) in [6.07, 6.45) is 1.61. The van der Waals surface area contributed by atoms with Gasteiger partial charge in [-0.25, -0.2) is 12.7 Å². The van der Waals surface area contributed by atoms with Gasteiger partial charge in [-0.3, -0.25) is 0 Å². The first-order valence-electron chi connectivity index (χ1n) is 7.14. The molecule has 1 saturated heterocycles. The third-order valence-electron chi connectivity index (χ3n) is 3.67. The highest BCUT2D eigenvalue weighted by atomic mass is 32.2. The van der Waals surface area contributed by atoms with Gasteiger partial charge >= 0.3 is 0 Å². The van der Waals surface area contributed by atoms with Gasteiger partial charge in [-0.15, -0.1) is 0 Å². The highest BCUT2D eigenvalue weighted by molar-refractivity contribution is 7.88. The molecule has 120 valence electrons. The van der Waals surface area contributed by atoms with Crippen molar-refractivity contribution in [3.8, 4) is 0 Å². The average molecular weight is 326 g/mol. The van der Waals surface area contributed by atoms with Crippen LogP contribution in [0.5, 0.6) is 0 Å². The lowest BCUT2D eigenvalue weighted by atomic mass is 10.00. The Morgan fingerprint density at radius 3 is 2.77 bits per heavy atom. The van der Waals surface area contributed by atoms with Gasteiger partial charge in [0.15, 0.2) is 11.6 Å². The predicted molar refractivity (Wildman–Crippen MR) is 76.4 cm³/mol. The van der Waals surface area contributed by atoms with Crippen LogP contribution in [0.2, 0.25) is 0 Å². The summed E-state index contributed by atoms with van der Waals surface area (Å²) in [5.41, 5.74) is 0.669. The summed E-state index contributed by atoms with van der Waals surface area (Å²) in [4.78, 5) is 4.21. The molecule has 1 aliphatic rings. The second-order valence-electron chi connectivity index (χ2n) is 5.57. The van der Waals surface area contributed by atoms with Gasteiger partial charge in [0, 0.05) is 19.2 Å². The topological polar surface area (TPSA) is 102 Å². The van der Waals surface area contributed by atoms with E-state index in [0.29, 0.717) is 36.3 Å². The Hall–Kier alpha value is -1.74. The first-order chi connectivity index (χ1) is 10.4. The molecule has 0 spiro atoms. The van der Waals surface area contributed by atoms with Crippen LogP contribution in [0.3, 0.4) is 0 Å². The minimum absolute atomic E-state index is 0.0545. The predicted octanol–water partition coefficient (Wildman–Crippen LogP) is 1.38. The van der Waals surface area contributed by atoms with Gasteiger partial charge in [0.1, 0.15) is 5.75 Å². The third kappa shape index (κ3) is 3.20. The largest absolute Gasteiger partial charge is 0.360 e. The summed E-state index contributed by atoms with van der Waals surface area (Å²) in [6, 6.07) is 1.64. The Balaban J connectivity index is 1.73. The summed E-state index contributed by atoms with van der Waals surface area (Å²) in [6.45, 7) is 4.36. The van der Waals surface area contributed by atoms with Gasteiger partial charge in [0.2, 0.25) is 15.9 Å². The highest BCUT2D eigenvalue weighted by Gasteiger charge is 2.32. The van der Waals surface area contributed by atoms with Gasteiger partial charge in [-0.1, -0.05) is 10.3 Å². The Bertz CT molecular complexity index is 752. The van der Waals surface area contributed by atoms with Crippen LogP contribution in [-0.4, -0.2) is 41.1 Å². The molecule has 3 heterocycles. The summed E-state index contributed by atoms with van der Waals surface area (Å²) in [5.74, 6) is 1.19. The van der Waals surface area contributed by atoms with Crippen LogP contribution >= 0.6 is 0 Å². The number of nitrogens with zero attached hydrogens (tertiary/aromatic N) is 4. The maximum Gasteiger partial charge on any atom is 0.231 e. The number of aromatic nitrogens is 3. The minimum atomic E-state index is -3.45. The van der Waals surface area contributed by atoms with E-state index in [9.17, 15) is 8.42 Å². The van der Waals surface area contributed by atoms with Crippen LogP contribution in [0.25, 0.3) is 0 Å². The van der Waals surface area contributed by atoms with E-state index in [-0.39, 0.29) is 11.7 Å². The van der Waals surface area contributed by atoms with Crippen molar-refractivity contribution in [1.29, 1.82) is 0 Å². The summed E-state index contributed by atoms with van der Waals surface area (Å²) >= 11 is 0. The normalized spacial score (nSPS) is 20.4. The fraction of sp³-hybridized carbons (Fsp3) is 0.615. The van der Waals surface area contributed by atoms with E-state index >= 15 is 0 Å². The van der Waals surface area contributed by atoms with Crippen LogP contribution in [-0.2, 0) is 15.8 Å². The van der Waals surface area contributed by atoms with E-state index in [4.69, 9.17) is 9.05 Å². The second kappa shape index (κ2) is 5.81. The van der Waals surface area contributed by atoms with Crippen molar-refractivity contribution in [2.24, 2.45) is 0 Å². The fourth-order valence-corrected chi connectivity index (χ4v) is 4.12. The van der Waals surface area contributed by atoms with E-state index in [1.165, 1.54) is 4.31 Å². The van der Waals surface area contributed by atoms with Crippen LogP contribution in [0.15, 0.2) is 15.1 Å². The zero-order valence-corrected chi connectivity index (χ0v) is 13.3. The molecule has 1 atom stereocenters. The van der Waals surface area contributed by atoms with Gasteiger partial charge in [0.05, 0.1) is 11.6 Å². The number of sulfonamides is 1. The Morgan fingerprint density at radius 2 is 2.14 bits per heavy atom. The Kier molecular flexibility index (Phi) is 4.00. The van der Waals surface area contributed by atoms with Crippen LogP contribution in [0.1, 0.15) is 41.9 Å². The van der Waals surface area contributed by atoms with Crippen LogP contribution < -0.4 is 0 Å². The molecule has 0 aromatic carbocycles. The second-order valence-corrected chi connectivity index (χ2v) is 7.54. The highest BCUT2D eigenvalue weighted by Crippen LogP contribution is 2.28. The maximum absolute atomic E-state index is 12.5. The zero-order valence-electron chi connectivity index (χ0n) is 12.5. The zero-order chi connectivity index (χ0) is 15.7. The van der Waals surface area contributed by atoms with E-state index in [1.807, 2.05) is 0 Å². The van der Waals surface area contributed by atoms with Crippen molar-refractivity contribution in [3.05, 3.63) is 29.2 Å². The smallest absolute Gasteiger partial charge is 0.231 e. The molecule has 3 rings (SSSR count). The van der Waals surface area contributed by atoms with Crippen LogP contribution in [0.4, 0.5) is 0 Å². The number of aryl methyl sites for hydroxylation is 2. The van der Waals surface area contributed by atoms with Crippen molar-refractivity contribution in [1.82, 2.24) is 19.6 Å². The monoisotopic (exact) mass is 326 g/mol. The van der Waals surface area contributed by atoms with E-state index in [0.717, 1.165) is 12.8 Å². The molecule has 1 fully saturated rings. The number of hydrogen-bond acceptors (Lipinski definition) is 7. The van der Waals surface area contributed by atoms with Gasteiger partial charge in [0.25, 0.3) is 0 Å². The maximum atomic E-state index is 12.5. The summed E-state index contributed by atoms with van der Waals surface area (Å²) in [5, 5.41) is 7.49. The van der Waals surface area contributed by atoms with E-state index < -0.39 is 10.0 Å². The van der Waals surface area contributed by atoms with Crippen LogP contribution in [0, 0.1) is 13.8 Å². The van der Waals surface area contributed by atoms with Crippen molar-refractivity contribution >= 4 is 10.0 Å². The summed E-state index contributed by atoms with van der Waals surface area (Å²) < 4.78 is 36.7. The molecular formula is C13H18N4O4S. The van der Waals surface area contributed by atoms with Crippen molar-refractivity contribution in [2.45, 2.75) is 38.4 Å². The van der Waals surface area contributed by atoms with Gasteiger partial charge < -0.3 is 9.05 Å². The molecule has 9 heteroatoms. The molecule has 0 aliphatic carbocycles. The Labute approximate surface area is 128 Å². The van der Waals surface area contributed by atoms with Crippen molar-refractivity contribution < 1.29 is 17.5 Å². The first kappa shape index (κ1) is 15.2. The molecule has 2 aromatic heterocycles. The molecule has 1 aliphatic heterocycles. The van der Waals surface area contributed by atoms with Gasteiger partial charge in [-0.2, -0.15) is 4.98 Å². The standard InChI is InChI=1S/C13H18N4O4S/c1-9-6-12(20-15-9)8-22(18,19)17-5-3-4-11(7-17)13-14-10(2)16-21-13/h6,11H,3-5,7-8H2,1-2H3. The number of hydrogen-bond donors (Lipinski definition) is 0. The molecule has 1 unspecified atom stereocenters. The molecule has 0 radical (unpaired) electrons. The molecule has 0 saturated carbocycles. The number of rotatable bonds is 4. The molecule has 0 bridgehead atoms. The first-order valence-corrected chi connectivity index (χ1v) is 8.75. The lowest BCUT2D eigenvalue weighted by molar-refractivity contribution is 0.264. The molecule has 0 amide bonds. The average Bonchev–Trinajstić information content (AvgIpc) is 3.07. The minimum Gasteiger partial charge on any atom is -0.360 e. The fourth-order valence-electron chi connectivity index (χ4n) is 2.63. The lowest BCUT2D eigenvalue weighted by Gasteiger charge is -2.29. The molecule has 22 heavy (non-hydrogen) atoms. The summed E-state index contributed by atoms with van der Waals surface area (Å²) in [7, 11) is -3.45. The quantitative estimate of drug-likeness (QED) is 0.836. The molecule has 2 aromatic rings.